The fourth-order valence-electron chi connectivity index (χ4n) is 4.13. The number of aromatic nitrogens is 2. The Balaban J connectivity index is 1.73. The molecule has 3 aromatic carbocycles. The Labute approximate surface area is 178 Å². The second-order valence-electron chi connectivity index (χ2n) is 7.36. The van der Waals surface area contributed by atoms with Crippen LogP contribution in [0.3, 0.4) is 0 Å². The molecule has 0 saturated carbocycles. The van der Waals surface area contributed by atoms with E-state index in [1.54, 1.807) is 11.3 Å². The van der Waals surface area contributed by atoms with Crippen molar-refractivity contribution in [1.29, 1.82) is 0 Å². The Hall–Kier alpha value is -3.69. The highest BCUT2D eigenvalue weighted by Crippen LogP contribution is 2.37. The molecule has 0 atom stereocenters. The molecule has 0 unspecified atom stereocenters. The van der Waals surface area contributed by atoms with Gasteiger partial charge in [0.05, 0.1) is 17.4 Å². The molecule has 30 heavy (non-hydrogen) atoms. The summed E-state index contributed by atoms with van der Waals surface area (Å²) in [6, 6.07) is 34.3. The normalized spacial score (nSPS) is 11.3. The van der Waals surface area contributed by atoms with E-state index in [0.717, 1.165) is 22.3 Å². The minimum absolute atomic E-state index is 1.10. The van der Waals surface area contributed by atoms with E-state index in [1.807, 2.05) is 12.3 Å². The van der Waals surface area contributed by atoms with E-state index in [2.05, 4.69) is 101 Å². The van der Waals surface area contributed by atoms with Gasteiger partial charge in [0, 0.05) is 21.4 Å². The summed E-state index contributed by atoms with van der Waals surface area (Å²) in [7, 11) is 0. The Morgan fingerprint density at radius 2 is 1.43 bits per heavy atom. The molecule has 2 nitrogen and oxygen atoms in total. The molecule has 0 spiro atoms. The van der Waals surface area contributed by atoms with Crippen molar-refractivity contribution in [1.82, 2.24) is 9.61 Å². The van der Waals surface area contributed by atoms with E-state index in [-0.39, 0.29) is 0 Å². The molecule has 0 N–H and O–H groups in total. The van der Waals surface area contributed by atoms with E-state index < -0.39 is 0 Å². The molecular weight excluding hydrogens is 384 g/mol. The van der Waals surface area contributed by atoms with Gasteiger partial charge in [0.2, 0.25) is 0 Å². The van der Waals surface area contributed by atoms with Gasteiger partial charge in [0.25, 0.3) is 0 Å². The van der Waals surface area contributed by atoms with Gasteiger partial charge in [0.15, 0.2) is 0 Å². The topological polar surface area (TPSA) is 17.3 Å². The average Bonchev–Trinajstić information content (AvgIpc) is 3.50. The Morgan fingerprint density at radius 3 is 2.17 bits per heavy atom. The fourth-order valence-corrected chi connectivity index (χ4v) is 4.85. The lowest BCUT2D eigenvalue weighted by Crippen LogP contribution is -1.95. The van der Waals surface area contributed by atoms with Crippen LogP contribution >= 0.6 is 11.3 Å². The first-order valence-corrected chi connectivity index (χ1v) is 10.9. The van der Waals surface area contributed by atoms with Crippen molar-refractivity contribution in [3.05, 3.63) is 109 Å². The van der Waals surface area contributed by atoms with E-state index in [4.69, 9.17) is 5.10 Å². The monoisotopic (exact) mass is 402 g/mol. The third-order valence-corrected chi connectivity index (χ3v) is 6.48. The van der Waals surface area contributed by atoms with Gasteiger partial charge in [-0.05, 0) is 40.1 Å². The van der Waals surface area contributed by atoms with Gasteiger partial charge in [-0.2, -0.15) is 5.10 Å². The number of pyridine rings is 1. The van der Waals surface area contributed by atoms with Crippen molar-refractivity contribution in [3.8, 4) is 32.8 Å². The number of hydrogen-bond donors (Lipinski definition) is 0. The van der Waals surface area contributed by atoms with Crippen molar-refractivity contribution in [2.75, 3.05) is 0 Å². The van der Waals surface area contributed by atoms with Gasteiger partial charge in [-0.25, -0.2) is 4.52 Å². The van der Waals surface area contributed by atoms with Crippen LogP contribution in [-0.4, -0.2) is 9.61 Å². The van der Waals surface area contributed by atoms with Crippen LogP contribution in [0, 0.1) is 0 Å². The van der Waals surface area contributed by atoms with Crippen LogP contribution in [0.5, 0.6) is 0 Å². The summed E-state index contributed by atoms with van der Waals surface area (Å²) in [5, 5.41) is 9.40. The summed E-state index contributed by atoms with van der Waals surface area (Å²) in [4.78, 5) is 1.28. The van der Waals surface area contributed by atoms with Gasteiger partial charge in [-0.15, -0.1) is 11.3 Å². The fraction of sp³-hybridized carbons (Fsp3) is 0. The van der Waals surface area contributed by atoms with Crippen LogP contribution in [0.2, 0.25) is 0 Å². The van der Waals surface area contributed by atoms with Crippen molar-refractivity contribution >= 4 is 27.6 Å². The molecular formula is C27H18N2S. The Bertz CT molecular complexity index is 1460. The first-order chi connectivity index (χ1) is 14.9. The van der Waals surface area contributed by atoms with E-state index in [1.165, 1.54) is 26.8 Å². The summed E-state index contributed by atoms with van der Waals surface area (Å²) < 4.78 is 2.10. The molecule has 0 aliphatic rings. The van der Waals surface area contributed by atoms with Crippen LogP contribution in [-0.2, 0) is 0 Å². The number of hydrogen-bond acceptors (Lipinski definition) is 2. The van der Waals surface area contributed by atoms with Gasteiger partial charge in [-0.1, -0.05) is 78.9 Å². The minimum Gasteiger partial charge on any atom is -0.232 e. The average molecular weight is 403 g/mol. The van der Waals surface area contributed by atoms with E-state index in [9.17, 15) is 0 Å². The maximum absolute atomic E-state index is 4.83. The zero-order valence-corrected chi connectivity index (χ0v) is 17.0. The van der Waals surface area contributed by atoms with Crippen molar-refractivity contribution in [3.63, 3.8) is 0 Å². The molecule has 0 aliphatic heterocycles. The van der Waals surface area contributed by atoms with Crippen LogP contribution < -0.4 is 0 Å². The Morgan fingerprint density at radius 1 is 0.667 bits per heavy atom. The molecule has 142 valence electrons. The summed E-state index contributed by atoms with van der Waals surface area (Å²) >= 11 is 1.77. The molecule has 0 amide bonds. The largest absolute Gasteiger partial charge is 0.232 e. The molecule has 0 saturated heterocycles. The smallest absolute Gasteiger partial charge is 0.0825 e. The highest BCUT2D eigenvalue weighted by molar-refractivity contribution is 7.13. The van der Waals surface area contributed by atoms with Crippen LogP contribution in [0.1, 0.15) is 0 Å². The zero-order chi connectivity index (χ0) is 19.9. The van der Waals surface area contributed by atoms with Crippen LogP contribution in [0.25, 0.3) is 49.1 Å². The van der Waals surface area contributed by atoms with Gasteiger partial charge < -0.3 is 0 Å². The lowest BCUT2D eigenvalue weighted by Gasteiger charge is -2.11. The molecule has 0 radical (unpaired) electrons. The third kappa shape index (κ3) is 2.75. The van der Waals surface area contributed by atoms with Crippen LogP contribution in [0.4, 0.5) is 0 Å². The molecule has 6 aromatic rings. The van der Waals surface area contributed by atoms with Crippen molar-refractivity contribution in [2.24, 2.45) is 0 Å². The lowest BCUT2D eigenvalue weighted by atomic mass is 9.99. The summed E-state index contributed by atoms with van der Waals surface area (Å²) in [5.41, 5.74) is 6.99. The van der Waals surface area contributed by atoms with Gasteiger partial charge >= 0.3 is 0 Å². The summed E-state index contributed by atoms with van der Waals surface area (Å²) in [6.45, 7) is 0. The van der Waals surface area contributed by atoms with Crippen molar-refractivity contribution in [2.45, 2.75) is 0 Å². The second kappa shape index (κ2) is 6.97. The molecule has 3 aromatic heterocycles. The predicted octanol–water partition coefficient (Wildman–Crippen LogP) is 7.55. The lowest BCUT2D eigenvalue weighted by molar-refractivity contribution is 0.975. The molecule has 3 heterocycles. The maximum Gasteiger partial charge on any atom is 0.0825 e. The Kier molecular flexibility index (Phi) is 4.00. The molecule has 0 fully saturated rings. The van der Waals surface area contributed by atoms with Gasteiger partial charge in [-0.3, -0.25) is 0 Å². The number of nitrogens with zero attached hydrogens (tertiary/aromatic N) is 2. The van der Waals surface area contributed by atoms with E-state index >= 15 is 0 Å². The standard InChI is InChI=1S/C27H18N2S/c1-3-8-19(9-4-1)24-18-28-29-25(20-10-5-2-6-11-20)17-21-13-14-22(16-23(21)27(24)29)26-12-7-15-30-26/h1-18H. The number of rotatable bonds is 3. The number of benzene rings is 3. The molecule has 6 rings (SSSR count). The predicted molar refractivity (Wildman–Crippen MR) is 127 cm³/mol. The van der Waals surface area contributed by atoms with Gasteiger partial charge in [0.1, 0.15) is 0 Å². The number of fused-ring (bicyclic) bond motifs is 3. The molecule has 0 aliphatic carbocycles. The second-order valence-corrected chi connectivity index (χ2v) is 8.31. The van der Waals surface area contributed by atoms with Crippen LogP contribution in [0.15, 0.2) is 109 Å². The summed E-state index contributed by atoms with van der Waals surface area (Å²) in [6.07, 6.45) is 1.99. The highest BCUT2D eigenvalue weighted by atomic mass is 32.1. The zero-order valence-electron chi connectivity index (χ0n) is 16.2. The maximum atomic E-state index is 4.83. The quantitative estimate of drug-likeness (QED) is 0.299. The molecule has 3 heteroatoms. The highest BCUT2D eigenvalue weighted by Gasteiger charge is 2.15. The van der Waals surface area contributed by atoms with Crippen molar-refractivity contribution < 1.29 is 0 Å². The minimum atomic E-state index is 1.10. The third-order valence-electron chi connectivity index (χ3n) is 5.56. The SMILES string of the molecule is c1ccc(-c2cnn3c(-c4ccccc4)cc4ccc(-c5cccs5)cc4c23)cc1. The molecule has 0 bridgehead atoms. The summed E-state index contributed by atoms with van der Waals surface area (Å²) in [5.74, 6) is 0. The first-order valence-electron chi connectivity index (χ1n) is 9.98. The van der Waals surface area contributed by atoms with E-state index in [0.29, 0.717) is 0 Å². The number of thiophene rings is 1. The first kappa shape index (κ1) is 17.2.